The summed E-state index contributed by atoms with van der Waals surface area (Å²) in [4.78, 5) is 9.79. The largest absolute Gasteiger partial charge is 0.392 e. The molecule has 0 bridgehead atoms. The Labute approximate surface area is 102 Å². The summed E-state index contributed by atoms with van der Waals surface area (Å²) in [6.45, 7) is 13.5. The highest BCUT2D eigenvalue weighted by atomic mass is 28.3. The summed E-state index contributed by atoms with van der Waals surface area (Å²) in [5.74, 6) is 0. The van der Waals surface area contributed by atoms with E-state index in [1.807, 2.05) is 11.8 Å². The number of aliphatic hydroxyl groups excluding tert-OH is 1. The van der Waals surface area contributed by atoms with Crippen LogP contribution in [0.25, 0.3) is 0 Å². The number of carbonyl (C=O) groups excluding carboxylic acids is 1. The zero-order valence-electron chi connectivity index (χ0n) is 11.4. The summed E-state index contributed by atoms with van der Waals surface area (Å²) in [5, 5.41) is 8.36. The maximum Gasteiger partial charge on any atom is 0.142 e. The second-order valence-electron chi connectivity index (χ2n) is 5.81. The molecule has 2 nitrogen and oxygen atoms in total. The maximum absolute atomic E-state index is 9.79. The highest BCUT2D eigenvalue weighted by molar-refractivity contribution is 6.81. The van der Waals surface area contributed by atoms with E-state index < -0.39 is 16.1 Å². The Kier molecular flexibility index (Phi) is 9.71. The average molecular weight is 259 g/mol. The van der Waals surface area contributed by atoms with E-state index in [4.69, 9.17) is 5.11 Å². The molecular weight excluding hydrogens is 232 g/mol. The summed E-state index contributed by atoms with van der Waals surface area (Å²) >= 11 is 0. The molecule has 1 N–H and O–H groups in total. The average Bonchev–Trinajstić information content (AvgIpc) is 2.10. The second kappa shape index (κ2) is 8.67. The third-order valence-electron chi connectivity index (χ3n) is 1.40. The van der Waals surface area contributed by atoms with Gasteiger partial charge in [-0.1, -0.05) is 56.8 Å². The number of hydrogen-bond donors (Lipinski definition) is 1. The molecular formula is C12H26O2Si2. The molecule has 94 valence electrons. The number of aldehydes is 1. The van der Waals surface area contributed by atoms with Crippen molar-refractivity contribution < 1.29 is 9.90 Å². The molecule has 16 heavy (non-hydrogen) atoms. The van der Waals surface area contributed by atoms with Gasteiger partial charge in [0.25, 0.3) is 0 Å². The third-order valence-corrected chi connectivity index (χ3v) is 3.83. The Bertz CT molecular complexity index is 232. The summed E-state index contributed by atoms with van der Waals surface area (Å²) in [6.07, 6.45) is 4.25. The topological polar surface area (TPSA) is 37.3 Å². The fourth-order valence-electron chi connectivity index (χ4n) is 0.734. The van der Waals surface area contributed by atoms with Crippen LogP contribution in [0.2, 0.25) is 39.3 Å². The fraction of sp³-hybridized carbons (Fsp3) is 0.583. The van der Waals surface area contributed by atoms with Crippen LogP contribution in [-0.4, -0.2) is 34.1 Å². The van der Waals surface area contributed by atoms with E-state index in [1.165, 1.54) is 0 Å². The molecule has 0 saturated carbocycles. The molecule has 0 aromatic rings. The van der Waals surface area contributed by atoms with E-state index in [0.717, 1.165) is 6.29 Å². The maximum atomic E-state index is 9.79. The van der Waals surface area contributed by atoms with Gasteiger partial charge in [-0.05, 0) is 6.08 Å². The molecule has 0 fully saturated rings. The predicted octanol–water partition coefficient (Wildman–Crippen LogP) is 3.03. The molecule has 0 rings (SSSR count). The first-order valence-electron chi connectivity index (χ1n) is 5.54. The quantitative estimate of drug-likeness (QED) is 0.478. The molecule has 0 aromatic heterocycles. The van der Waals surface area contributed by atoms with Crippen LogP contribution in [0, 0.1) is 0 Å². The van der Waals surface area contributed by atoms with Gasteiger partial charge in [-0.15, -0.1) is 0 Å². The van der Waals surface area contributed by atoms with Gasteiger partial charge in [0.05, 0.1) is 22.8 Å². The smallest absolute Gasteiger partial charge is 0.142 e. The molecule has 0 heterocycles. The molecule has 0 amide bonds. The van der Waals surface area contributed by atoms with Crippen LogP contribution in [0.5, 0.6) is 0 Å². The Hall–Kier alpha value is -0.456. The molecule has 0 aliphatic heterocycles. The first kappa shape index (κ1) is 17.9. The number of allylic oxidation sites excluding steroid dienone is 1. The van der Waals surface area contributed by atoms with Crippen molar-refractivity contribution in [3.8, 4) is 0 Å². The van der Waals surface area contributed by atoms with E-state index in [9.17, 15) is 4.79 Å². The molecule has 0 atom stereocenters. The molecule has 0 spiro atoms. The Morgan fingerprint density at radius 1 is 0.938 bits per heavy atom. The molecule has 0 aromatic carbocycles. The summed E-state index contributed by atoms with van der Waals surface area (Å²) < 4.78 is 0. The van der Waals surface area contributed by atoms with Crippen LogP contribution in [0.1, 0.15) is 0 Å². The highest BCUT2D eigenvalue weighted by Crippen LogP contribution is 2.00. The van der Waals surface area contributed by atoms with Gasteiger partial charge in [0, 0.05) is 0 Å². The van der Waals surface area contributed by atoms with Gasteiger partial charge in [-0.2, -0.15) is 0 Å². The van der Waals surface area contributed by atoms with E-state index in [-0.39, 0.29) is 6.61 Å². The molecule has 4 heteroatoms. The van der Waals surface area contributed by atoms with Gasteiger partial charge in [-0.25, -0.2) is 0 Å². The van der Waals surface area contributed by atoms with Crippen LogP contribution in [0.4, 0.5) is 0 Å². The summed E-state index contributed by atoms with van der Waals surface area (Å²) in [5.41, 5.74) is 4.15. The fourth-order valence-corrected chi connectivity index (χ4v) is 2.20. The van der Waals surface area contributed by atoms with Crippen LogP contribution in [0.3, 0.4) is 0 Å². The summed E-state index contributed by atoms with van der Waals surface area (Å²) in [7, 11) is -2.11. The van der Waals surface area contributed by atoms with Crippen LogP contribution >= 0.6 is 0 Å². The van der Waals surface area contributed by atoms with Gasteiger partial charge < -0.3 is 5.11 Å². The zero-order chi connectivity index (χ0) is 13.2. The zero-order valence-corrected chi connectivity index (χ0v) is 13.4. The van der Waals surface area contributed by atoms with Gasteiger partial charge in [-0.3, -0.25) is 4.79 Å². The minimum atomic E-state index is -1.09. The van der Waals surface area contributed by atoms with E-state index in [2.05, 4.69) is 45.0 Å². The lowest BCUT2D eigenvalue weighted by molar-refractivity contribution is -0.104. The third kappa shape index (κ3) is 23.4. The van der Waals surface area contributed by atoms with Crippen molar-refractivity contribution in [2.75, 3.05) is 6.61 Å². The number of aliphatic hydroxyl groups is 1. The van der Waals surface area contributed by atoms with Crippen molar-refractivity contribution in [3.05, 3.63) is 23.6 Å². The van der Waals surface area contributed by atoms with Crippen molar-refractivity contribution in [3.63, 3.8) is 0 Å². The first-order valence-corrected chi connectivity index (χ1v) is 12.7. The Balaban J connectivity index is 0. The highest BCUT2D eigenvalue weighted by Gasteiger charge is 2.05. The predicted molar refractivity (Wildman–Crippen MR) is 78.1 cm³/mol. The molecule has 0 aliphatic rings. The van der Waals surface area contributed by atoms with E-state index in [0.29, 0.717) is 0 Å². The SMILES string of the molecule is C[Si](C)(C)/C=C/C=O.C[Si](C)(C)/C=C/CO. The Morgan fingerprint density at radius 2 is 1.38 bits per heavy atom. The minimum absolute atomic E-state index is 0.185. The Morgan fingerprint density at radius 3 is 1.50 bits per heavy atom. The number of carbonyl (C=O) groups is 1. The van der Waals surface area contributed by atoms with Gasteiger partial charge in [0.1, 0.15) is 6.29 Å². The number of rotatable bonds is 4. The lowest BCUT2D eigenvalue weighted by Crippen LogP contribution is -2.15. The molecule has 0 aliphatic carbocycles. The van der Waals surface area contributed by atoms with Crippen LogP contribution in [-0.2, 0) is 4.79 Å². The molecule has 0 radical (unpaired) electrons. The second-order valence-corrected chi connectivity index (χ2v) is 15.9. The van der Waals surface area contributed by atoms with Crippen molar-refractivity contribution in [2.24, 2.45) is 0 Å². The van der Waals surface area contributed by atoms with Crippen LogP contribution < -0.4 is 0 Å². The van der Waals surface area contributed by atoms with Gasteiger partial charge in [0.15, 0.2) is 0 Å². The summed E-state index contributed by atoms with van der Waals surface area (Å²) in [6, 6.07) is 0. The monoisotopic (exact) mass is 258 g/mol. The van der Waals surface area contributed by atoms with Crippen molar-refractivity contribution in [2.45, 2.75) is 39.3 Å². The minimum Gasteiger partial charge on any atom is -0.392 e. The van der Waals surface area contributed by atoms with E-state index in [1.54, 1.807) is 6.08 Å². The first-order chi connectivity index (χ1) is 7.12. The number of hydrogen-bond acceptors (Lipinski definition) is 2. The lowest BCUT2D eigenvalue weighted by atomic mass is 10.7. The normalized spacial score (nSPS) is 12.7. The van der Waals surface area contributed by atoms with Crippen molar-refractivity contribution in [1.82, 2.24) is 0 Å². The lowest BCUT2D eigenvalue weighted by Gasteiger charge is -2.06. The van der Waals surface area contributed by atoms with Gasteiger partial charge >= 0.3 is 0 Å². The van der Waals surface area contributed by atoms with Crippen LogP contribution in [0.15, 0.2) is 23.6 Å². The standard InChI is InChI=1S/C6H14OSi.C6H12OSi/c2*1-8(2,3)6-4-5-7/h4,6-7H,5H2,1-3H3;4-6H,1-3H3/b2*6-4+. The van der Waals surface area contributed by atoms with Gasteiger partial charge in [0.2, 0.25) is 0 Å². The molecule has 0 unspecified atom stereocenters. The van der Waals surface area contributed by atoms with Crippen molar-refractivity contribution >= 4 is 22.4 Å². The molecule has 0 saturated heterocycles. The van der Waals surface area contributed by atoms with Crippen molar-refractivity contribution in [1.29, 1.82) is 0 Å². The van der Waals surface area contributed by atoms with E-state index >= 15 is 0 Å².